The van der Waals surface area contributed by atoms with E-state index in [0.717, 1.165) is 0 Å². The molecular formula is C32H30ClF3N8O3. The summed E-state index contributed by atoms with van der Waals surface area (Å²) in [5.74, 6) is 4.65. The van der Waals surface area contributed by atoms with Crippen molar-refractivity contribution in [3.63, 3.8) is 0 Å². The fourth-order valence-electron chi connectivity index (χ4n) is 5.31. The van der Waals surface area contributed by atoms with Crippen molar-refractivity contribution in [1.29, 1.82) is 0 Å². The van der Waals surface area contributed by atoms with E-state index in [4.69, 9.17) is 28.9 Å². The molecule has 47 heavy (non-hydrogen) atoms. The fraction of sp³-hybridized carbons (Fsp3) is 0.219. The van der Waals surface area contributed by atoms with E-state index in [1.165, 1.54) is 41.2 Å². The monoisotopic (exact) mass is 666 g/mol. The third kappa shape index (κ3) is 7.28. The van der Waals surface area contributed by atoms with Gasteiger partial charge in [0.25, 0.3) is 5.56 Å². The largest absolute Gasteiger partial charge is 0.432 e. The second-order valence-corrected chi connectivity index (χ2v) is 11.5. The predicted molar refractivity (Wildman–Crippen MR) is 172 cm³/mol. The van der Waals surface area contributed by atoms with Gasteiger partial charge in [-0.15, -0.1) is 0 Å². The minimum absolute atomic E-state index is 0.0667. The van der Waals surface area contributed by atoms with Crippen molar-refractivity contribution >= 4 is 34.8 Å². The zero-order chi connectivity index (χ0) is 34.0. The molecule has 3 heterocycles. The molecule has 2 unspecified atom stereocenters. The lowest BCUT2D eigenvalue weighted by Crippen LogP contribution is -2.30. The van der Waals surface area contributed by atoms with Crippen LogP contribution in [0.3, 0.4) is 0 Å². The van der Waals surface area contributed by atoms with E-state index in [-0.39, 0.29) is 33.4 Å². The molecule has 5 rings (SSSR count). The van der Waals surface area contributed by atoms with E-state index in [2.05, 4.69) is 15.3 Å². The van der Waals surface area contributed by atoms with Crippen LogP contribution in [0.15, 0.2) is 83.8 Å². The average molecular weight is 667 g/mol. The van der Waals surface area contributed by atoms with E-state index < -0.39 is 35.3 Å². The van der Waals surface area contributed by atoms with E-state index >= 15 is 0 Å². The first-order chi connectivity index (χ1) is 22.2. The lowest BCUT2D eigenvalue weighted by Gasteiger charge is -2.23. The quantitative estimate of drug-likeness (QED) is 0.168. The third-order valence-electron chi connectivity index (χ3n) is 7.85. The molecule has 1 aliphatic heterocycles. The number of hydrazine groups is 1. The first-order valence-electron chi connectivity index (χ1n) is 14.4. The summed E-state index contributed by atoms with van der Waals surface area (Å²) in [5.41, 5.74) is 11.6. The number of amides is 2. The van der Waals surface area contributed by atoms with Gasteiger partial charge in [-0.2, -0.15) is 13.2 Å². The number of primary amides is 1. The molecule has 0 aliphatic carbocycles. The summed E-state index contributed by atoms with van der Waals surface area (Å²) in [5, 5.41) is 3.84. The fourth-order valence-corrected chi connectivity index (χ4v) is 5.48. The van der Waals surface area contributed by atoms with Gasteiger partial charge in [0.15, 0.2) is 0 Å². The number of nitrogens with zero attached hydrogens (tertiary/aromatic N) is 4. The van der Waals surface area contributed by atoms with Crippen molar-refractivity contribution in [3.8, 4) is 22.4 Å². The summed E-state index contributed by atoms with van der Waals surface area (Å²) in [6, 6.07) is 13.2. The molecule has 0 fully saturated rings. The van der Waals surface area contributed by atoms with Crippen molar-refractivity contribution in [3.05, 3.63) is 106 Å². The Bertz CT molecular complexity index is 1950. The SMILES string of the molecule is CC1CCCC(n2cnc(-c3cc(Cl)ccc3N(N)/C=C(\N)C(F)(F)F)cc2=O)c2cc(ccn2)-c2ccc(C(N)=O)cc2NC1=O. The van der Waals surface area contributed by atoms with Gasteiger partial charge in [-0.05, 0) is 60.9 Å². The maximum absolute atomic E-state index is 13.7. The summed E-state index contributed by atoms with van der Waals surface area (Å²) < 4.78 is 40.6. The Hall–Kier alpha value is -5.21. The van der Waals surface area contributed by atoms with Crippen LogP contribution in [0.1, 0.15) is 48.3 Å². The number of carbonyl (C=O) groups excluding carboxylic acids is 2. The summed E-state index contributed by atoms with van der Waals surface area (Å²) >= 11 is 6.20. The Morgan fingerprint density at radius 1 is 1.04 bits per heavy atom. The molecule has 0 radical (unpaired) electrons. The highest BCUT2D eigenvalue weighted by atomic mass is 35.5. The zero-order valence-corrected chi connectivity index (χ0v) is 25.7. The number of carbonyl (C=O) groups is 2. The zero-order valence-electron chi connectivity index (χ0n) is 25.0. The number of halogens is 4. The maximum atomic E-state index is 13.7. The normalized spacial score (nSPS) is 17.1. The second-order valence-electron chi connectivity index (χ2n) is 11.1. The lowest BCUT2D eigenvalue weighted by atomic mass is 9.95. The number of hydrogen-bond donors (Lipinski definition) is 4. The van der Waals surface area contributed by atoms with Crippen LogP contribution >= 0.6 is 11.6 Å². The smallest absolute Gasteiger partial charge is 0.393 e. The first-order valence-corrected chi connectivity index (χ1v) is 14.8. The Morgan fingerprint density at radius 2 is 1.81 bits per heavy atom. The minimum Gasteiger partial charge on any atom is -0.393 e. The van der Waals surface area contributed by atoms with E-state index in [1.807, 2.05) is 0 Å². The van der Waals surface area contributed by atoms with E-state index in [9.17, 15) is 27.6 Å². The lowest BCUT2D eigenvalue weighted by molar-refractivity contribution is -0.119. The van der Waals surface area contributed by atoms with Crippen LogP contribution in [-0.4, -0.2) is 32.5 Å². The first kappa shape index (κ1) is 33.2. The number of benzene rings is 2. The second kappa shape index (κ2) is 13.3. The summed E-state index contributed by atoms with van der Waals surface area (Å²) in [7, 11) is 0. The Morgan fingerprint density at radius 3 is 2.51 bits per heavy atom. The number of hydrogen-bond acceptors (Lipinski definition) is 8. The van der Waals surface area contributed by atoms with Gasteiger partial charge >= 0.3 is 6.18 Å². The highest BCUT2D eigenvalue weighted by Crippen LogP contribution is 2.35. The number of allylic oxidation sites excluding steroid dienone is 1. The van der Waals surface area contributed by atoms with Gasteiger partial charge in [0.2, 0.25) is 11.8 Å². The van der Waals surface area contributed by atoms with Gasteiger partial charge in [-0.3, -0.25) is 28.9 Å². The molecule has 0 spiro atoms. The van der Waals surface area contributed by atoms with Crippen LogP contribution in [0.2, 0.25) is 5.02 Å². The van der Waals surface area contributed by atoms with Gasteiger partial charge in [-0.25, -0.2) is 10.8 Å². The number of fused-ring (bicyclic) bond motifs is 4. The van der Waals surface area contributed by atoms with Crippen molar-refractivity contribution in [2.45, 2.75) is 38.4 Å². The number of rotatable bonds is 5. The molecule has 2 bridgehead atoms. The van der Waals surface area contributed by atoms with Crippen molar-refractivity contribution in [2.75, 3.05) is 10.3 Å². The molecule has 2 amide bonds. The number of pyridine rings is 1. The molecule has 4 aromatic rings. The van der Waals surface area contributed by atoms with Crippen LogP contribution in [0, 0.1) is 5.92 Å². The number of anilines is 2. The van der Waals surface area contributed by atoms with Crippen molar-refractivity contribution in [1.82, 2.24) is 14.5 Å². The molecule has 0 saturated heterocycles. The average Bonchev–Trinajstić information content (AvgIpc) is 3.02. The highest BCUT2D eigenvalue weighted by Gasteiger charge is 2.32. The van der Waals surface area contributed by atoms with Crippen LogP contribution in [0.25, 0.3) is 22.4 Å². The van der Waals surface area contributed by atoms with Gasteiger partial charge in [0, 0.05) is 51.8 Å². The molecule has 244 valence electrons. The molecular weight excluding hydrogens is 637 g/mol. The number of alkyl halides is 3. The molecule has 7 N–H and O–H groups in total. The molecule has 2 aromatic carbocycles. The third-order valence-corrected chi connectivity index (χ3v) is 8.08. The van der Waals surface area contributed by atoms with Crippen LogP contribution in [-0.2, 0) is 4.79 Å². The van der Waals surface area contributed by atoms with Gasteiger partial charge in [-0.1, -0.05) is 31.0 Å². The van der Waals surface area contributed by atoms with E-state index in [1.54, 1.807) is 37.4 Å². The Kier molecular flexibility index (Phi) is 9.36. The van der Waals surface area contributed by atoms with Crippen LogP contribution < -0.4 is 33.2 Å². The maximum Gasteiger partial charge on any atom is 0.432 e. The standard InChI is InChI=1S/C32H30ClF3N8O3/c1-17-3-2-4-27(25-11-18(9-10-40-25)21-7-5-19(30(38)46)12-24(21)42-31(17)47)43-16-41-23(14-29(43)45)22-13-20(33)6-8-26(22)44(39)15-28(37)32(34,35)36/h5-17,27H,2-4,37,39H2,1H3,(H2,38,46)(H,42,47)/b28-15-. The van der Waals surface area contributed by atoms with E-state index in [0.29, 0.717) is 53.0 Å². The predicted octanol–water partition coefficient (Wildman–Crippen LogP) is 5.12. The van der Waals surface area contributed by atoms with Crippen molar-refractivity contribution < 1.29 is 22.8 Å². The number of nitrogens with one attached hydrogen (secondary N) is 1. The Labute approximate surface area is 271 Å². The summed E-state index contributed by atoms with van der Waals surface area (Å²) in [4.78, 5) is 47.7. The van der Waals surface area contributed by atoms with Crippen molar-refractivity contribution in [2.24, 2.45) is 23.2 Å². The van der Waals surface area contributed by atoms with Gasteiger partial charge in [0.1, 0.15) is 5.70 Å². The Balaban J connectivity index is 1.58. The number of aromatic nitrogens is 3. The van der Waals surface area contributed by atoms with Crippen LogP contribution in [0.4, 0.5) is 24.5 Å². The summed E-state index contributed by atoms with van der Waals surface area (Å²) in [6.07, 6.45) is 0.0889. The molecule has 2 aromatic heterocycles. The molecule has 2 atom stereocenters. The molecule has 1 aliphatic rings. The molecule has 11 nitrogen and oxygen atoms in total. The molecule has 15 heteroatoms. The minimum atomic E-state index is -4.81. The van der Waals surface area contributed by atoms with Gasteiger partial charge in [0.05, 0.1) is 29.4 Å². The molecule has 0 saturated carbocycles. The summed E-state index contributed by atoms with van der Waals surface area (Å²) in [6.45, 7) is 1.79. The topological polar surface area (TPSA) is 175 Å². The van der Waals surface area contributed by atoms with Gasteiger partial charge < -0.3 is 16.8 Å². The van der Waals surface area contributed by atoms with Crippen LogP contribution in [0.5, 0.6) is 0 Å². The highest BCUT2D eigenvalue weighted by molar-refractivity contribution is 6.31. The number of nitrogens with two attached hydrogens (primary N) is 3.